The highest BCUT2D eigenvalue weighted by molar-refractivity contribution is 8.26. The maximum atomic E-state index is 13.1. The Morgan fingerprint density at radius 2 is 2.15 bits per heavy atom. The summed E-state index contributed by atoms with van der Waals surface area (Å²) in [6.07, 6.45) is 4.94. The molecule has 0 bridgehead atoms. The second-order valence-corrected chi connectivity index (χ2v) is 8.05. The summed E-state index contributed by atoms with van der Waals surface area (Å²) in [4.78, 5) is 32.4. The van der Waals surface area contributed by atoms with Crippen molar-refractivity contribution < 1.29 is 4.79 Å². The van der Waals surface area contributed by atoms with Gasteiger partial charge in [0, 0.05) is 18.8 Å². The van der Waals surface area contributed by atoms with Gasteiger partial charge in [-0.3, -0.25) is 18.9 Å². The summed E-state index contributed by atoms with van der Waals surface area (Å²) in [5, 5.41) is 3.10. The van der Waals surface area contributed by atoms with Gasteiger partial charge in [-0.2, -0.15) is 0 Å². The molecule has 6 nitrogen and oxygen atoms in total. The van der Waals surface area contributed by atoms with Crippen molar-refractivity contribution in [1.29, 1.82) is 0 Å². The number of aryl methyl sites for hydroxylation is 1. The molecule has 0 aliphatic carbocycles. The van der Waals surface area contributed by atoms with Gasteiger partial charge in [-0.15, -0.1) is 6.58 Å². The Kier molecular flexibility index (Phi) is 5.48. The molecule has 3 rings (SSSR count). The Bertz CT molecular complexity index is 1040. The number of pyridine rings is 1. The van der Waals surface area contributed by atoms with Crippen molar-refractivity contribution in [2.45, 2.75) is 26.8 Å². The van der Waals surface area contributed by atoms with Gasteiger partial charge in [0.25, 0.3) is 11.5 Å². The molecule has 0 radical (unpaired) electrons. The first-order valence-corrected chi connectivity index (χ1v) is 9.71. The average molecular weight is 401 g/mol. The molecule has 2 aromatic rings. The molecule has 0 unspecified atom stereocenters. The van der Waals surface area contributed by atoms with E-state index in [9.17, 15) is 9.59 Å². The topological polar surface area (TPSA) is 66.7 Å². The first kappa shape index (κ1) is 19.3. The first-order chi connectivity index (χ1) is 12.8. The number of anilines is 1. The van der Waals surface area contributed by atoms with Crippen LogP contribution in [0.15, 0.2) is 40.7 Å². The number of hydrogen-bond acceptors (Lipinski definition) is 6. The largest absolute Gasteiger partial charge is 0.366 e. The van der Waals surface area contributed by atoms with Crippen LogP contribution in [0.4, 0.5) is 5.82 Å². The lowest BCUT2D eigenvalue weighted by Crippen LogP contribution is -2.34. The molecule has 0 saturated carbocycles. The van der Waals surface area contributed by atoms with E-state index in [0.29, 0.717) is 32.8 Å². The van der Waals surface area contributed by atoms with Crippen LogP contribution in [0.5, 0.6) is 0 Å². The van der Waals surface area contributed by atoms with E-state index in [1.807, 2.05) is 26.8 Å². The standard InChI is InChI=1S/C19H20N4O2S2/c1-5-8-20-15-13(10-14-18(25)23(11(2)3)19(26)27-14)17(24)22-9-6-7-12(4)16(22)21-15/h5-7,9-11,20H,1,8H2,2-4H3/b14-10+. The van der Waals surface area contributed by atoms with E-state index in [1.54, 1.807) is 29.3 Å². The fourth-order valence-electron chi connectivity index (χ4n) is 2.80. The summed E-state index contributed by atoms with van der Waals surface area (Å²) in [5.41, 5.74) is 1.53. The lowest BCUT2D eigenvalue weighted by atomic mass is 10.2. The van der Waals surface area contributed by atoms with Gasteiger partial charge in [-0.05, 0) is 38.5 Å². The highest BCUT2D eigenvalue weighted by Crippen LogP contribution is 2.34. The summed E-state index contributed by atoms with van der Waals surface area (Å²) in [6, 6.07) is 3.65. The van der Waals surface area contributed by atoms with Crippen LogP contribution in [-0.4, -0.2) is 37.1 Å². The summed E-state index contributed by atoms with van der Waals surface area (Å²) < 4.78 is 1.98. The monoisotopic (exact) mass is 400 g/mol. The van der Waals surface area contributed by atoms with Gasteiger partial charge in [0.1, 0.15) is 15.8 Å². The SMILES string of the molecule is C=CCNc1nc2c(C)cccn2c(=O)c1/C=C1/SC(=S)N(C(C)C)C1=O. The van der Waals surface area contributed by atoms with Crippen LogP contribution >= 0.6 is 24.0 Å². The summed E-state index contributed by atoms with van der Waals surface area (Å²) >= 11 is 6.52. The number of carbonyl (C=O) groups is 1. The molecule has 0 atom stereocenters. The molecule has 1 fully saturated rings. The minimum atomic E-state index is -0.245. The summed E-state index contributed by atoms with van der Waals surface area (Å²) in [6.45, 7) is 9.84. The number of carbonyl (C=O) groups excluding carboxylic acids is 1. The number of hydrogen-bond donors (Lipinski definition) is 1. The highest BCUT2D eigenvalue weighted by Gasteiger charge is 2.34. The zero-order chi connectivity index (χ0) is 19.7. The smallest absolute Gasteiger partial charge is 0.267 e. The third-order valence-corrected chi connectivity index (χ3v) is 5.44. The van der Waals surface area contributed by atoms with Gasteiger partial charge in [0.05, 0.1) is 10.5 Å². The molecule has 1 amide bonds. The van der Waals surface area contributed by atoms with Crippen LogP contribution in [0.25, 0.3) is 11.7 Å². The van der Waals surface area contributed by atoms with Crippen LogP contribution in [0.1, 0.15) is 25.0 Å². The third kappa shape index (κ3) is 3.54. The van der Waals surface area contributed by atoms with E-state index in [4.69, 9.17) is 12.2 Å². The number of thiocarbonyl (C=S) groups is 1. The number of nitrogens with one attached hydrogen (secondary N) is 1. The Labute approximate surface area is 167 Å². The minimum absolute atomic E-state index is 0.0414. The fraction of sp³-hybridized carbons (Fsp3) is 0.263. The number of thioether (sulfide) groups is 1. The van der Waals surface area contributed by atoms with Crippen molar-refractivity contribution >= 4 is 51.7 Å². The maximum Gasteiger partial charge on any atom is 0.267 e. The maximum absolute atomic E-state index is 13.1. The molecule has 27 heavy (non-hydrogen) atoms. The molecule has 2 aromatic heterocycles. The highest BCUT2D eigenvalue weighted by atomic mass is 32.2. The molecule has 0 spiro atoms. The molecule has 1 saturated heterocycles. The lowest BCUT2D eigenvalue weighted by molar-refractivity contribution is -0.123. The fourth-order valence-corrected chi connectivity index (χ4v) is 4.31. The van der Waals surface area contributed by atoms with Gasteiger partial charge in [0.15, 0.2) is 0 Å². The predicted octanol–water partition coefficient (Wildman–Crippen LogP) is 3.21. The molecule has 8 heteroatoms. The van der Waals surface area contributed by atoms with Gasteiger partial charge in [-0.25, -0.2) is 4.98 Å². The number of rotatable bonds is 5. The summed E-state index contributed by atoms with van der Waals surface area (Å²) in [5.74, 6) is 0.229. The predicted molar refractivity (Wildman–Crippen MR) is 115 cm³/mol. The molecule has 1 N–H and O–H groups in total. The van der Waals surface area contributed by atoms with E-state index >= 15 is 0 Å². The number of fused-ring (bicyclic) bond motifs is 1. The van der Waals surface area contributed by atoms with E-state index < -0.39 is 0 Å². The third-order valence-electron chi connectivity index (χ3n) is 4.11. The van der Waals surface area contributed by atoms with Crippen LogP contribution in [0.3, 0.4) is 0 Å². The Morgan fingerprint density at radius 3 is 2.78 bits per heavy atom. The van der Waals surface area contributed by atoms with Crippen molar-refractivity contribution in [1.82, 2.24) is 14.3 Å². The Balaban J connectivity index is 2.20. The van der Waals surface area contributed by atoms with Crippen molar-refractivity contribution in [2.75, 3.05) is 11.9 Å². The van der Waals surface area contributed by atoms with Crippen LogP contribution in [0, 0.1) is 6.92 Å². The second-order valence-electron chi connectivity index (χ2n) is 6.38. The van der Waals surface area contributed by atoms with Gasteiger partial charge in [-0.1, -0.05) is 36.1 Å². The van der Waals surface area contributed by atoms with Gasteiger partial charge in [0.2, 0.25) is 0 Å². The average Bonchev–Trinajstić information content (AvgIpc) is 2.90. The van der Waals surface area contributed by atoms with Crippen LogP contribution < -0.4 is 10.9 Å². The van der Waals surface area contributed by atoms with Crippen LogP contribution in [0.2, 0.25) is 0 Å². The number of amides is 1. The van der Waals surface area contributed by atoms with E-state index in [0.717, 1.165) is 5.56 Å². The van der Waals surface area contributed by atoms with Crippen molar-refractivity contribution in [3.05, 3.63) is 57.4 Å². The van der Waals surface area contributed by atoms with Crippen LogP contribution in [-0.2, 0) is 4.79 Å². The van der Waals surface area contributed by atoms with Crippen molar-refractivity contribution in [3.63, 3.8) is 0 Å². The Morgan fingerprint density at radius 1 is 1.41 bits per heavy atom. The first-order valence-electron chi connectivity index (χ1n) is 8.49. The molecular weight excluding hydrogens is 380 g/mol. The molecular formula is C19H20N4O2S2. The minimum Gasteiger partial charge on any atom is -0.366 e. The Hall–Kier alpha value is -2.45. The number of aromatic nitrogens is 2. The zero-order valence-corrected chi connectivity index (χ0v) is 17.0. The molecule has 1 aliphatic heterocycles. The molecule has 3 heterocycles. The van der Waals surface area contributed by atoms with Crippen molar-refractivity contribution in [2.24, 2.45) is 0 Å². The summed E-state index contributed by atoms with van der Waals surface area (Å²) in [7, 11) is 0. The molecule has 140 valence electrons. The lowest BCUT2D eigenvalue weighted by Gasteiger charge is -2.18. The molecule has 0 aromatic carbocycles. The van der Waals surface area contributed by atoms with Gasteiger partial charge < -0.3 is 5.32 Å². The van der Waals surface area contributed by atoms with E-state index in [-0.39, 0.29) is 17.5 Å². The van der Waals surface area contributed by atoms with Crippen molar-refractivity contribution in [3.8, 4) is 0 Å². The van der Waals surface area contributed by atoms with E-state index in [1.165, 1.54) is 16.2 Å². The van der Waals surface area contributed by atoms with E-state index in [2.05, 4.69) is 16.9 Å². The quantitative estimate of drug-likeness (QED) is 0.472. The number of nitrogens with zero attached hydrogens (tertiary/aromatic N) is 3. The normalized spacial score (nSPS) is 16.0. The zero-order valence-electron chi connectivity index (χ0n) is 15.4. The second kappa shape index (κ2) is 7.66. The molecule has 1 aliphatic rings. The van der Waals surface area contributed by atoms with Gasteiger partial charge >= 0.3 is 0 Å².